The van der Waals surface area contributed by atoms with Crippen LogP contribution in [0, 0.1) is 0 Å². The van der Waals surface area contributed by atoms with Gasteiger partial charge in [-0.2, -0.15) is 0 Å². The molecular weight excluding hydrogens is 212 g/mol. The van der Waals surface area contributed by atoms with E-state index < -0.39 is 0 Å². The second kappa shape index (κ2) is 5.61. The lowest BCUT2D eigenvalue weighted by Gasteiger charge is -2.34. The number of piperidine rings is 1. The Hall–Kier alpha value is -0.930. The first kappa shape index (κ1) is 12.5. The van der Waals surface area contributed by atoms with E-state index in [9.17, 15) is 5.11 Å². The predicted molar refractivity (Wildman–Crippen MR) is 68.8 cm³/mol. The molecule has 1 atom stereocenters. The van der Waals surface area contributed by atoms with E-state index in [0.29, 0.717) is 6.04 Å². The smallest absolute Gasteiger partial charge is 0.0564 e. The number of aliphatic hydroxyl groups is 1. The molecule has 0 aliphatic carbocycles. The molecule has 3 heteroatoms. The first-order valence-electron chi connectivity index (χ1n) is 6.57. The Morgan fingerprint density at radius 1 is 1.41 bits per heavy atom. The van der Waals surface area contributed by atoms with E-state index in [2.05, 4.69) is 35.9 Å². The van der Waals surface area contributed by atoms with Crippen molar-refractivity contribution in [2.24, 2.45) is 0 Å². The first-order chi connectivity index (χ1) is 8.20. The van der Waals surface area contributed by atoms with Crippen molar-refractivity contribution in [2.75, 3.05) is 13.1 Å². The monoisotopic (exact) mass is 234 g/mol. The van der Waals surface area contributed by atoms with E-state index >= 15 is 0 Å². The molecule has 2 rings (SSSR count). The van der Waals surface area contributed by atoms with Gasteiger partial charge in [0.15, 0.2) is 0 Å². The largest absolute Gasteiger partial charge is 0.393 e. The van der Waals surface area contributed by atoms with Gasteiger partial charge in [0.2, 0.25) is 0 Å². The molecule has 0 unspecified atom stereocenters. The molecule has 17 heavy (non-hydrogen) atoms. The molecule has 3 nitrogen and oxygen atoms in total. The average Bonchev–Trinajstić information content (AvgIpc) is 2.39. The molecule has 94 valence electrons. The summed E-state index contributed by atoms with van der Waals surface area (Å²) in [4.78, 5) is 6.88. The van der Waals surface area contributed by atoms with Crippen molar-refractivity contribution >= 4 is 0 Å². The van der Waals surface area contributed by atoms with E-state index in [1.807, 2.05) is 6.20 Å². The minimum absolute atomic E-state index is 0.0981. The van der Waals surface area contributed by atoms with Crippen LogP contribution in [0.15, 0.2) is 18.3 Å². The average molecular weight is 234 g/mol. The molecule has 0 bridgehead atoms. The maximum absolute atomic E-state index is 9.51. The molecule has 1 aliphatic heterocycles. The van der Waals surface area contributed by atoms with Crippen molar-refractivity contribution in [1.29, 1.82) is 0 Å². The number of likely N-dealkylation sites (tertiary alicyclic amines) is 1. The van der Waals surface area contributed by atoms with Gasteiger partial charge in [-0.1, -0.05) is 13.0 Å². The van der Waals surface area contributed by atoms with E-state index in [1.165, 1.54) is 5.56 Å². The lowest BCUT2D eigenvalue weighted by Crippen LogP contribution is -2.37. The molecule has 1 aromatic heterocycles. The Balaban J connectivity index is 2.00. The SMILES string of the molecule is CCc1ccc([C@@H](C)N2CCC(O)CC2)cn1. The Kier molecular flexibility index (Phi) is 4.13. The Bertz CT molecular complexity index is 342. The van der Waals surface area contributed by atoms with Gasteiger partial charge < -0.3 is 5.11 Å². The Labute approximate surface area is 103 Å². The quantitative estimate of drug-likeness (QED) is 0.870. The molecule has 1 saturated heterocycles. The lowest BCUT2D eigenvalue weighted by molar-refractivity contribution is 0.0644. The van der Waals surface area contributed by atoms with E-state index in [4.69, 9.17) is 0 Å². The highest BCUT2D eigenvalue weighted by atomic mass is 16.3. The first-order valence-corrected chi connectivity index (χ1v) is 6.57. The highest BCUT2D eigenvalue weighted by Crippen LogP contribution is 2.23. The normalized spacial score (nSPS) is 20.4. The number of nitrogens with zero attached hydrogens (tertiary/aromatic N) is 2. The molecule has 2 heterocycles. The summed E-state index contributed by atoms with van der Waals surface area (Å²) in [7, 11) is 0. The minimum Gasteiger partial charge on any atom is -0.393 e. The van der Waals surface area contributed by atoms with Crippen molar-refractivity contribution in [3.05, 3.63) is 29.6 Å². The summed E-state index contributed by atoms with van der Waals surface area (Å²) in [6, 6.07) is 4.70. The number of hydrogen-bond acceptors (Lipinski definition) is 3. The van der Waals surface area contributed by atoms with Crippen molar-refractivity contribution in [3.63, 3.8) is 0 Å². The molecule has 1 aromatic rings. The van der Waals surface area contributed by atoms with Gasteiger partial charge in [0, 0.05) is 31.0 Å². The van der Waals surface area contributed by atoms with Crippen LogP contribution in [0.1, 0.15) is 44.0 Å². The van der Waals surface area contributed by atoms with E-state index in [-0.39, 0.29) is 6.10 Å². The number of hydrogen-bond donors (Lipinski definition) is 1. The standard InChI is InChI=1S/C14H22N2O/c1-3-13-5-4-12(10-15-13)11(2)16-8-6-14(17)7-9-16/h4-5,10-11,14,17H,3,6-9H2,1-2H3/t11-/m1/s1. The third-order valence-corrected chi connectivity index (χ3v) is 3.74. The molecule has 0 spiro atoms. The lowest BCUT2D eigenvalue weighted by atomic mass is 10.0. The van der Waals surface area contributed by atoms with Gasteiger partial charge in [-0.15, -0.1) is 0 Å². The Morgan fingerprint density at radius 2 is 2.12 bits per heavy atom. The zero-order valence-electron chi connectivity index (χ0n) is 10.8. The van der Waals surface area contributed by atoms with Gasteiger partial charge >= 0.3 is 0 Å². The summed E-state index contributed by atoms with van der Waals surface area (Å²) in [6.45, 7) is 6.31. The maximum Gasteiger partial charge on any atom is 0.0564 e. The van der Waals surface area contributed by atoms with Crippen LogP contribution in [0.25, 0.3) is 0 Å². The van der Waals surface area contributed by atoms with Crippen LogP contribution < -0.4 is 0 Å². The molecule has 1 aliphatic rings. The molecule has 0 aromatic carbocycles. The topological polar surface area (TPSA) is 36.4 Å². The van der Waals surface area contributed by atoms with Crippen molar-refractivity contribution in [2.45, 2.75) is 45.3 Å². The highest BCUT2D eigenvalue weighted by Gasteiger charge is 2.22. The molecule has 0 saturated carbocycles. The van der Waals surface area contributed by atoms with Crippen molar-refractivity contribution < 1.29 is 5.11 Å². The van der Waals surface area contributed by atoms with Crippen LogP contribution in [-0.2, 0) is 6.42 Å². The predicted octanol–water partition coefficient (Wildman–Crippen LogP) is 2.16. The third-order valence-electron chi connectivity index (χ3n) is 3.74. The fourth-order valence-electron chi connectivity index (χ4n) is 2.38. The molecule has 0 radical (unpaired) electrons. The minimum atomic E-state index is -0.0981. The number of aliphatic hydroxyl groups excluding tert-OH is 1. The van der Waals surface area contributed by atoms with Crippen LogP contribution >= 0.6 is 0 Å². The second-order valence-electron chi connectivity index (χ2n) is 4.88. The number of rotatable bonds is 3. The van der Waals surface area contributed by atoms with Crippen molar-refractivity contribution in [3.8, 4) is 0 Å². The summed E-state index contributed by atoms with van der Waals surface area (Å²) < 4.78 is 0. The second-order valence-corrected chi connectivity index (χ2v) is 4.88. The van der Waals surface area contributed by atoms with Gasteiger partial charge in [-0.25, -0.2) is 0 Å². The summed E-state index contributed by atoms with van der Waals surface area (Å²) in [5, 5.41) is 9.51. The third kappa shape index (κ3) is 3.05. The number of aryl methyl sites for hydroxylation is 1. The number of pyridine rings is 1. The van der Waals surface area contributed by atoms with Crippen LogP contribution in [-0.4, -0.2) is 34.2 Å². The van der Waals surface area contributed by atoms with Crippen LogP contribution in [0.4, 0.5) is 0 Å². The van der Waals surface area contributed by atoms with Crippen LogP contribution in [0.2, 0.25) is 0 Å². The summed E-state index contributed by atoms with van der Waals surface area (Å²) >= 11 is 0. The van der Waals surface area contributed by atoms with Crippen molar-refractivity contribution in [1.82, 2.24) is 9.88 Å². The van der Waals surface area contributed by atoms with E-state index in [0.717, 1.165) is 38.0 Å². The van der Waals surface area contributed by atoms with Gasteiger partial charge in [-0.3, -0.25) is 9.88 Å². The van der Waals surface area contributed by atoms with Gasteiger partial charge in [0.05, 0.1) is 6.10 Å². The Morgan fingerprint density at radius 3 is 2.65 bits per heavy atom. The molecule has 0 amide bonds. The molecular formula is C14H22N2O. The van der Waals surface area contributed by atoms with Crippen LogP contribution in [0.3, 0.4) is 0 Å². The number of aromatic nitrogens is 1. The zero-order chi connectivity index (χ0) is 12.3. The summed E-state index contributed by atoms with van der Waals surface area (Å²) in [5.41, 5.74) is 2.42. The van der Waals surface area contributed by atoms with Gasteiger partial charge in [0.1, 0.15) is 0 Å². The summed E-state index contributed by atoms with van der Waals surface area (Å²) in [6.07, 6.45) is 4.67. The van der Waals surface area contributed by atoms with Gasteiger partial charge in [-0.05, 0) is 37.8 Å². The summed E-state index contributed by atoms with van der Waals surface area (Å²) in [5.74, 6) is 0. The molecule has 1 N–H and O–H groups in total. The fraction of sp³-hybridized carbons (Fsp3) is 0.643. The van der Waals surface area contributed by atoms with E-state index in [1.54, 1.807) is 0 Å². The van der Waals surface area contributed by atoms with Crippen LogP contribution in [0.5, 0.6) is 0 Å². The zero-order valence-corrected chi connectivity index (χ0v) is 10.8. The maximum atomic E-state index is 9.51. The highest BCUT2D eigenvalue weighted by molar-refractivity contribution is 5.17. The molecule has 1 fully saturated rings. The fourth-order valence-corrected chi connectivity index (χ4v) is 2.38. The van der Waals surface area contributed by atoms with Gasteiger partial charge in [0.25, 0.3) is 0 Å².